The van der Waals surface area contributed by atoms with Gasteiger partial charge in [0.2, 0.25) is 0 Å². The number of phenolic OH excluding ortho intramolecular Hbond substituents is 1. The molecule has 2 aromatic carbocycles. The molecule has 152 valence electrons. The Kier molecular flexibility index (Phi) is 7.24. The van der Waals surface area contributed by atoms with Crippen molar-refractivity contribution >= 4 is 58.6 Å². The number of halogens is 2. The van der Waals surface area contributed by atoms with Gasteiger partial charge in [-0.15, -0.1) is 11.3 Å². The number of benzene rings is 2. The van der Waals surface area contributed by atoms with Crippen LogP contribution in [0.25, 0.3) is 6.08 Å². The Hall–Kier alpha value is -3.13. The first-order valence-electron chi connectivity index (χ1n) is 8.57. The van der Waals surface area contributed by atoms with Crippen molar-refractivity contribution in [2.45, 2.75) is 0 Å². The fraction of sp³-hybridized carbons (Fsp3) is 0. The van der Waals surface area contributed by atoms with Gasteiger partial charge in [0.05, 0.1) is 16.8 Å². The minimum atomic E-state index is -0.651. The van der Waals surface area contributed by atoms with Gasteiger partial charge in [-0.05, 0) is 47.9 Å². The second-order valence-electron chi connectivity index (χ2n) is 5.91. The lowest BCUT2D eigenvalue weighted by Gasteiger charge is -2.09. The minimum absolute atomic E-state index is 0.0187. The third-order valence-corrected chi connectivity index (χ3v) is 5.18. The zero-order valence-electron chi connectivity index (χ0n) is 15.3. The predicted molar refractivity (Wildman–Crippen MR) is 120 cm³/mol. The maximum absolute atomic E-state index is 12.6. The van der Waals surface area contributed by atoms with Crippen molar-refractivity contribution < 1.29 is 14.7 Å². The quantitative estimate of drug-likeness (QED) is 0.283. The molecular weight excluding hydrogens is 445 g/mol. The van der Waals surface area contributed by atoms with E-state index in [1.54, 1.807) is 30.3 Å². The molecule has 0 atom stereocenters. The molecule has 0 fully saturated rings. The molecule has 0 spiro atoms. The van der Waals surface area contributed by atoms with Gasteiger partial charge < -0.3 is 10.4 Å². The average Bonchev–Trinajstić information content (AvgIpc) is 3.23. The van der Waals surface area contributed by atoms with Gasteiger partial charge in [-0.3, -0.25) is 9.59 Å². The van der Waals surface area contributed by atoms with Crippen molar-refractivity contribution in [1.82, 2.24) is 10.7 Å². The predicted octanol–water partition coefficient (Wildman–Crippen LogP) is 4.68. The molecule has 3 rings (SSSR count). The highest BCUT2D eigenvalue weighted by Gasteiger charge is 2.16. The molecule has 1 heterocycles. The molecule has 0 aliphatic heterocycles. The number of nitrogens with one attached hydrogen (secondary N) is 2. The summed E-state index contributed by atoms with van der Waals surface area (Å²) in [5, 5.41) is 18.7. The zero-order valence-corrected chi connectivity index (χ0v) is 17.6. The third kappa shape index (κ3) is 5.70. The van der Waals surface area contributed by atoms with Crippen LogP contribution in [0.1, 0.15) is 20.8 Å². The molecule has 2 amide bonds. The highest BCUT2D eigenvalue weighted by Crippen LogP contribution is 2.20. The Bertz CT molecular complexity index is 1130. The lowest BCUT2D eigenvalue weighted by Crippen LogP contribution is -2.32. The van der Waals surface area contributed by atoms with Gasteiger partial charge in [-0.1, -0.05) is 41.4 Å². The SMILES string of the molecule is O=C(N/N=C\c1cc(Cl)ccc1O)/C(=C\c1cccs1)NC(=O)c1ccccc1Cl. The summed E-state index contributed by atoms with van der Waals surface area (Å²) < 4.78 is 0. The van der Waals surface area contributed by atoms with Crippen LogP contribution in [-0.2, 0) is 4.79 Å². The molecule has 0 bridgehead atoms. The number of thiophene rings is 1. The van der Waals surface area contributed by atoms with Crippen molar-refractivity contribution in [3.63, 3.8) is 0 Å². The molecular formula is C21H15Cl2N3O3S. The van der Waals surface area contributed by atoms with Crippen LogP contribution in [0.5, 0.6) is 5.75 Å². The number of carbonyl (C=O) groups is 2. The summed E-state index contributed by atoms with van der Waals surface area (Å²) >= 11 is 13.4. The number of phenols is 1. The fourth-order valence-electron chi connectivity index (χ4n) is 2.36. The summed E-state index contributed by atoms with van der Waals surface area (Å²) in [6.07, 6.45) is 2.78. The number of aromatic hydroxyl groups is 1. The lowest BCUT2D eigenvalue weighted by atomic mass is 10.2. The number of hydrazone groups is 1. The Morgan fingerprint density at radius 3 is 2.60 bits per heavy atom. The summed E-state index contributed by atoms with van der Waals surface area (Å²) in [6.45, 7) is 0. The van der Waals surface area contributed by atoms with Crippen LogP contribution in [0, 0.1) is 0 Å². The number of carbonyl (C=O) groups excluding carboxylic acids is 2. The Labute approximate surface area is 186 Å². The average molecular weight is 460 g/mol. The maximum Gasteiger partial charge on any atom is 0.287 e. The molecule has 0 saturated heterocycles. The monoisotopic (exact) mass is 459 g/mol. The molecule has 9 heteroatoms. The summed E-state index contributed by atoms with van der Waals surface area (Å²) in [6, 6.07) is 14.6. The third-order valence-electron chi connectivity index (χ3n) is 3.80. The molecule has 1 aromatic heterocycles. The Balaban J connectivity index is 1.79. The van der Waals surface area contributed by atoms with Crippen LogP contribution in [0.4, 0.5) is 0 Å². The summed E-state index contributed by atoms with van der Waals surface area (Å²) in [5.74, 6) is -1.23. The number of rotatable bonds is 6. The van der Waals surface area contributed by atoms with E-state index in [0.717, 1.165) is 4.88 Å². The van der Waals surface area contributed by atoms with Crippen LogP contribution >= 0.6 is 34.5 Å². The van der Waals surface area contributed by atoms with Gasteiger partial charge >= 0.3 is 0 Å². The number of hydrogen-bond donors (Lipinski definition) is 3. The van der Waals surface area contributed by atoms with E-state index in [0.29, 0.717) is 10.6 Å². The second-order valence-corrected chi connectivity index (χ2v) is 7.73. The molecule has 0 unspecified atom stereocenters. The molecule has 3 N–H and O–H groups in total. The molecule has 6 nitrogen and oxygen atoms in total. The van der Waals surface area contributed by atoms with Gasteiger partial charge in [0.15, 0.2) is 0 Å². The Morgan fingerprint density at radius 1 is 1.07 bits per heavy atom. The summed E-state index contributed by atoms with van der Waals surface area (Å²) in [4.78, 5) is 26.0. The van der Waals surface area contributed by atoms with Crippen molar-refractivity contribution in [2.24, 2.45) is 5.10 Å². The van der Waals surface area contributed by atoms with E-state index in [9.17, 15) is 14.7 Å². The molecule has 30 heavy (non-hydrogen) atoms. The van der Waals surface area contributed by atoms with E-state index in [-0.39, 0.29) is 22.0 Å². The second kappa shape index (κ2) is 10.1. The smallest absolute Gasteiger partial charge is 0.287 e. The zero-order chi connectivity index (χ0) is 21.5. The molecule has 3 aromatic rings. The topological polar surface area (TPSA) is 90.8 Å². The summed E-state index contributed by atoms with van der Waals surface area (Å²) in [7, 11) is 0. The van der Waals surface area contributed by atoms with E-state index in [2.05, 4.69) is 15.8 Å². The van der Waals surface area contributed by atoms with E-state index < -0.39 is 11.8 Å². The van der Waals surface area contributed by atoms with E-state index in [4.69, 9.17) is 23.2 Å². The lowest BCUT2D eigenvalue weighted by molar-refractivity contribution is -0.117. The molecule has 0 aliphatic carbocycles. The van der Waals surface area contributed by atoms with Crippen molar-refractivity contribution in [1.29, 1.82) is 0 Å². The first-order chi connectivity index (χ1) is 14.4. The van der Waals surface area contributed by atoms with Crippen molar-refractivity contribution in [3.8, 4) is 5.75 Å². The minimum Gasteiger partial charge on any atom is -0.507 e. The number of amides is 2. The van der Waals surface area contributed by atoms with Gasteiger partial charge in [0.25, 0.3) is 11.8 Å². The molecule has 0 aliphatic rings. The highest BCUT2D eigenvalue weighted by molar-refractivity contribution is 7.10. The van der Waals surface area contributed by atoms with Gasteiger partial charge in [-0.2, -0.15) is 5.10 Å². The first-order valence-corrected chi connectivity index (χ1v) is 10.2. The maximum atomic E-state index is 12.6. The van der Waals surface area contributed by atoms with Crippen LogP contribution in [0.2, 0.25) is 10.0 Å². The van der Waals surface area contributed by atoms with Crippen LogP contribution in [-0.4, -0.2) is 23.1 Å². The van der Waals surface area contributed by atoms with Crippen molar-refractivity contribution in [3.05, 3.63) is 91.7 Å². The highest BCUT2D eigenvalue weighted by atomic mass is 35.5. The standard InChI is InChI=1S/C21H15Cl2N3O3S/c22-14-7-8-19(27)13(10-14)12-24-26-21(29)18(11-15-4-3-9-30-15)25-20(28)16-5-1-2-6-17(16)23/h1-12,27H,(H,25,28)(H,26,29)/b18-11+,24-12-. The van der Waals surface area contributed by atoms with Gasteiger partial charge in [0, 0.05) is 15.5 Å². The Morgan fingerprint density at radius 2 is 1.87 bits per heavy atom. The van der Waals surface area contributed by atoms with Crippen LogP contribution in [0.15, 0.2) is 70.8 Å². The van der Waals surface area contributed by atoms with E-state index in [1.165, 1.54) is 41.8 Å². The molecule has 0 radical (unpaired) electrons. The van der Waals surface area contributed by atoms with Crippen LogP contribution < -0.4 is 10.7 Å². The van der Waals surface area contributed by atoms with Gasteiger partial charge in [0.1, 0.15) is 11.4 Å². The summed E-state index contributed by atoms with van der Waals surface area (Å²) in [5.41, 5.74) is 2.87. The largest absolute Gasteiger partial charge is 0.507 e. The molecule has 0 saturated carbocycles. The van der Waals surface area contributed by atoms with Gasteiger partial charge in [-0.25, -0.2) is 5.43 Å². The van der Waals surface area contributed by atoms with E-state index >= 15 is 0 Å². The van der Waals surface area contributed by atoms with Crippen molar-refractivity contribution in [2.75, 3.05) is 0 Å². The number of nitrogens with zero attached hydrogens (tertiary/aromatic N) is 1. The van der Waals surface area contributed by atoms with Crippen LogP contribution in [0.3, 0.4) is 0 Å². The first kappa shape index (κ1) is 21.6. The number of hydrogen-bond acceptors (Lipinski definition) is 5. The normalized spacial score (nSPS) is 11.5. The van der Waals surface area contributed by atoms with E-state index in [1.807, 2.05) is 11.4 Å². The fourth-order valence-corrected chi connectivity index (χ4v) is 3.42.